The fraction of sp³-hybridized carbons (Fsp3) is 0.765. The third kappa shape index (κ3) is 4.07. The van der Waals surface area contributed by atoms with Gasteiger partial charge in [-0.15, -0.1) is 11.3 Å². The van der Waals surface area contributed by atoms with Crippen LogP contribution in [0.15, 0.2) is 17.5 Å². The Morgan fingerprint density at radius 2 is 2.00 bits per heavy atom. The normalized spacial score (nSPS) is 23.7. The maximum atomic E-state index is 3.87. The highest BCUT2D eigenvalue weighted by Gasteiger charge is 2.25. The molecule has 0 radical (unpaired) electrons. The molecule has 2 aliphatic heterocycles. The number of hydrogen-bond donors (Lipinski definition) is 1. The van der Waals surface area contributed by atoms with E-state index in [2.05, 4.69) is 39.6 Å². The van der Waals surface area contributed by atoms with E-state index in [-0.39, 0.29) is 0 Å². The molecule has 1 atom stereocenters. The monoisotopic (exact) mass is 307 g/mol. The minimum atomic E-state index is 0.594. The molecule has 3 heterocycles. The highest BCUT2D eigenvalue weighted by atomic mass is 32.1. The molecule has 1 N–H and O–H groups in total. The highest BCUT2D eigenvalue weighted by Crippen LogP contribution is 2.28. The summed E-state index contributed by atoms with van der Waals surface area (Å²) in [6.45, 7) is 9.68. The van der Waals surface area contributed by atoms with Gasteiger partial charge in [-0.1, -0.05) is 13.0 Å². The average molecular weight is 308 g/mol. The summed E-state index contributed by atoms with van der Waals surface area (Å²) in [6, 6.07) is 5.83. The first-order chi connectivity index (χ1) is 10.4. The van der Waals surface area contributed by atoms with Crippen LogP contribution in [0.4, 0.5) is 0 Å². The maximum absolute atomic E-state index is 3.87. The molecule has 0 amide bonds. The van der Waals surface area contributed by atoms with Crippen LogP contribution in [0.2, 0.25) is 0 Å². The second-order valence-corrected chi connectivity index (χ2v) is 7.37. The summed E-state index contributed by atoms with van der Waals surface area (Å²) >= 11 is 1.92. The maximum Gasteiger partial charge on any atom is 0.0566 e. The van der Waals surface area contributed by atoms with Crippen LogP contribution in [0.25, 0.3) is 0 Å². The number of likely N-dealkylation sites (tertiary alicyclic amines) is 2. The lowest BCUT2D eigenvalue weighted by molar-refractivity contribution is 0.188. The number of nitrogens with one attached hydrogen (secondary N) is 1. The standard InChI is InChI=1S/C17H29N3S/c1-2-19-11-7-15(8-12-19)18-14-16(17-6-5-13-21-17)20-9-3-4-10-20/h5-6,13,15-16,18H,2-4,7-12,14H2,1H3. The highest BCUT2D eigenvalue weighted by molar-refractivity contribution is 7.10. The summed E-state index contributed by atoms with van der Waals surface area (Å²) in [5.41, 5.74) is 0. The molecule has 1 unspecified atom stereocenters. The van der Waals surface area contributed by atoms with Gasteiger partial charge in [-0.25, -0.2) is 0 Å². The summed E-state index contributed by atoms with van der Waals surface area (Å²) in [7, 11) is 0. The van der Waals surface area contributed by atoms with E-state index in [1.54, 1.807) is 0 Å². The van der Waals surface area contributed by atoms with Crippen molar-refractivity contribution in [1.82, 2.24) is 15.1 Å². The van der Waals surface area contributed by atoms with Crippen LogP contribution in [-0.2, 0) is 0 Å². The molecule has 0 spiro atoms. The zero-order chi connectivity index (χ0) is 14.5. The molecular weight excluding hydrogens is 278 g/mol. The molecule has 3 rings (SSSR count). The fourth-order valence-electron chi connectivity index (χ4n) is 3.68. The molecule has 118 valence electrons. The van der Waals surface area contributed by atoms with Gasteiger partial charge in [0.15, 0.2) is 0 Å². The van der Waals surface area contributed by atoms with Crippen LogP contribution in [0.5, 0.6) is 0 Å². The zero-order valence-electron chi connectivity index (χ0n) is 13.3. The number of rotatable bonds is 6. The Labute approximate surface area is 133 Å². The van der Waals surface area contributed by atoms with Crippen LogP contribution in [0, 0.1) is 0 Å². The summed E-state index contributed by atoms with van der Waals surface area (Å²) < 4.78 is 0. The summed E-state index contributed by atoms with van der Waals surface area (Å²) in [6.07, 6.45) is 5.36. The Bertz CT molecular complexity index is 392. The molecule has 1 aromatic rings. The largest absolute Gasteiger partial charge is 0.312 e. The predicted octanol–water partition coefficient (Wildman–Crippen LogP) is 2.96. The van der Waals surface area contributed by atoms with Crippen molar-refractivity contribution in [2.24, 2.45) is 0 Å². The van der Waals surface area contributed by atoms with Crippen molar-refractivity contribution >= 4 is 11.3 Å². The van der Waals surface area contributed by atoms with Gasteiger partial charge >= 0.3 is 0 Å². The van der Waals surface area contributed by atoms with Gasteiger partial charge in [0.1, 0.15) is 0 Å². The first kappa shape index (κ1) is 15.5. The Kier molecular flexibility index (Phi) is 5.69. The topological polar surface area (TPSA) is 18.5 Å². The van der Waals surface area contributed by atoms with Gasteiger partial charge in [0, 0.05) is 17.5 Å². The second-order valence-electron chi connectivity index (χ2n) is 6.39. The summed E-state index contributed by atoms with van der Waals surface area (Å²) in [4.78, 5) is 6.78. The van der Waals surface area contributed by atoms with Crippen LogP contribution < -0.4 is 5.32 Å². The zero-order valence-corrected chi connectivity index (χ0v) is 14.1. The van der Waals surface area contributed by atoms with Crippen LogP contribution in [0.3, 0.4) is 0 Å². The van der Waals surface area contributed by atoms with E-state index in [0.717, 1.165) is 12.6 Å². The minimum absolute atomic E-state index is 0.594. The smallest absolute Gasteiger partial charge is 0.0566 e. The third-order valence-corrected chi connectivity index (χ3v) is 6.06. The minimum Gasteiger partial charge on any atom is -0.312 e. The van der Waals surface area contributed by atoms with Gasteiger partial charge in [-0.05, 0) is 69.9 Å². The number of hydrogen-bond acceptors (Lipinski definition) is 4. The molecule has 0 bridgehead atoms. The summed E-state index contributed by atoms with van der Waals surface area (Å²) in [5, 5.41) is 6.09. The van der Waals surface area contributed by atoms with E-state index in [1.165, 1.54) is 63.3 Å². The van der Waals surface area contributed by atoms with Crippen molar-refractivity contribution in [3.63, 3.8) is 0 Å². The first-order valence-electron chi connectivity index (χ1n) is 8.60. The lowest BCUT2D eigenvalue weighted by atomic mass is 10.0. The van der Waals surface area contributed by atoms with E-state index >= 15 is 0 Å². The van der Waals surface area contributed by atoms with Gasteiger partial charge in [-0.3, -0.25) is 4.90 Å². The molecule has 4 heteroatoms. The third-order valence-electron chi connectivity index (χ3n) is 5.09. The Hall–Kier alpha value is -0.420. The summed E-state index contributed by atoms with van der Waals surface area (Å²) in [5.74, 6) is 0. The SMILES string of the molecule is CCN1CCC(NCC(c2cccs2)N2CCCC2)CC1. The van der Waals surface area contributed by atoms with E-state index in [9.17, 15) is 0 Å². The number of thiophene rings is 1. The molecule has 21 heavy (non-hydrogen) atoms. The van der Waals surface area contributed by atoms with Crippen LogP contribution >= 0.6 is 11.3 Å². The van der Waals surface area contributed by atoms with E-state index < -0.39 is 0 Å². The van der Waals surface area contributed by atoms with Crippen molar-refractivity contribution in [3.05, 3.63) is 22.4 Å². The molecule has 1 aromatic heterocycles. The number of nitrogens with zero attached hydrogens (tertiary/aromatic N) is 2. The molecule has 0 aromatic carbocycles. The van der Waals surface area contributed by atoms with Gasteiger partial charge in [0.2, 0.25) is 0 Å². The van der Waals surface area contributed by atoms with Gasteiger partial charge in [0.05, 0.1) is 6.04 Å². The molecule has 3 nitrogen and oxygen atoms in total. The van der Waals surface area contributed by atoms with Crippen molar-refractivity contribution in [2.75, 3.05) is 39.3 Å². The Morgan fingerprint density at radius 1 is 1.24 bits per heavy atom. The first-order valence-corrected chi connectivity index (χ1v) is 9.48. The number of piperidine rings is 1. The molecule has 2 saturated heterocycles. The van der Waals surface area contributed by atoms with Crippen molar-refractivity contribution in [3.8, 4) is 0 Å². The average Bonchev–Trinajstić information content (AvgIpc) is 3.22. The molecule has 0 aliphatic carbocycles. The van der Waals surface area contributed by atoms with E-state index in [1.807, 2.05) is 11.3 Å². The fourth-order valence-corrected chi connectivity index (χ4v) is 4.54. The van der Waals surface area contributed by atoms with Crippen LogP contribution in [0.1, 0.15) is 43.5 Å². The molecule has 2 aliphatic rings. The van der Waals surface area contributed by atoms with Gasteiger partial charge < -0.3 is 10.2 Å². The second kappa shape index (κ2) is 7.73. The van der Waals surface area contributed by atoms with Crippen LogP contribution in [-0.4, -0.2) is 55.1 Å². The Balaban J connectivity index is 1.53. The predicted molar refractivity (Wildman–Crippen MR) is 91.0 cm³/mol. The van der Waals surface area contributed by atoms with Crippen molar-refractivity contribution in [1.29, 1.82) is 0 Å². The van der Waals surface area contributed by atoms with Crippen molar-refractivity contribution < 1.29 is 0 Å². The lowest BCUT2D eigenvalue weighted by Gasteiger charge is -2.34. The lowest BCUT2D eigenvalue weighted by Crippen LogP contribution is -2.45. The molecular formula is C17H29N3S. The molecule has 0 saturated carbocycles. The van der Waals surface area contributed by atoms with Gasteiger partial charge in [0.25, 0.3) is 0 Å². The quantitative estimate of drug-likeness (QED) is 0.872. The Morgan fingerprint density at radius 3 is 2.62 bits per heavy atom. The van der Waals surface area contributed by atoms with E-state index in [0.29, 0.717) is 6.04 Å². The van der Waals surface area contributed by atoms with Gasteiger partial charge in [-0.2, -0.15) is 0 Å². The molecule has 2 fully saturated rings. The van der Waals surface area contributed by atoms with Crippen molar-refractivity contribution in [2.45, 2.75) is 44.7 Å². The van der Waals surface area contributed by atoms with E-state index in [4.69, 9.17) is 0 Å².